The predicted octanol–water partition coefficient (Wildman–Crippen LogP) is 3.59. The largest absolute Gasteiger partial charge is 0.381 e. The van der Waals surface area contributed by atoms with Gasteiger partial charge in [0.15, 0.2) is 0 Å². The molecule has 0 bridgehead atoms. The van der Waals surface area contributed by atoms with Crippen LogP contribution in [0.25, 0.3) is 0 Å². The van der Waals surface area contributed by atoms with Gasteiger partial charge in [0.1, 0.15) is 5.82 Å². The average Bonchev–Trinajstić information content (AvgIpc) is 3.04. The number of rotatable bonds is 5. The highest BCUT2D eigenvalue weighted by molar-refractivity contribution is 7.13. The van der Waals surface area contributed by atoms with Crippen LogP contribution in [0.1, 0.15) is 24.0 Å². The highest BCUT2D eigenvalue weighted by Gasteiger charge is 2.34. The molecule has 1 aromatic heterocycles. The van der Waals surface area contributed by atoms with Crippen LogP contribution in [0.5, 0.6) is 0 Å². The monoisotopic (exact) mass is 336 g/mol. The maximum Gasteiger partial charge on any atom is 0.324 e. The van der Waals surface area contributed by atoms with Gasteiger partial charge in [-0.15, -0.1) is 0 Å². The van der Waals surface area contributed by atoms with Crippen LogP contribution in [0.2, 0.25) is 0 Å². The van der Waals surface area contributed by atoms with Gasteiger partial charge in [0.05, 0.1) is 4.92 Å². The van der Waals surface area contributed by atoms with Gasteiger partial charge in [0.2, 0.25) is 0 Å². The second kappa shape index (κ2) is 6.74. The molecule has 0 atom stereocenters. The number of nitro groups is 1. The maximum absolute atomic E-state index is 13.2. The van der Waals surface area contributed by atoms with Crippen LogP contribution < -0.4 is 5.32 Å². The van der Waals surface area contributed by atoms with Crippen LogP contribution in [0.15, 0.2) is 35.7 Å². The zero-order chi connectivity index (χ0) is 16.3. The van der Waals surface area contributed by atoms with E-state index in [9.17, 15) is 14.5 Å². The van der Waals surface area contributed by atoms with E-state index in [0.29, 0.717) is 19.8 Å². The van der Waals surface area contributed by atoms with Crippen molar-refractivity contribution in [2.75, 3.05) is 13.2 Å². The lowest BCUT2D eigenvalue weighted by molar-refractivity contribution is -0.380. The van der Waals surface area contributed by atoms with E-state index >= 15 is 0 Å². The molecular formula is C16H17FN2O3S. The first kappa shape index (κ1) is 16.0. The third kappa shape index (κ3) is 3.57. The van der Waals surface area contributed by atoms with Crippen LogP contribution in [0, 0.1) is 15.9 Å². The molecule has 1 fully saturated rings. The fourth-order valence-electron chi connectivity index (χ4n) is 2.88. The third-order valence-electron chi connectivity index (χ3n) is 4.19. The average molecular weight is 336 g/mol. The Kier molecular flexibility index (Phi) is 4.70. The topological polar surface area (TPSA) is 64.4 Å². The molecule has 122 valence electrons. The number of halogens is 1. The second-order valence-corrected chi connectivity index (χ2v) is 6.49. The summed E-state index contributed by atoms with van der Waals surface area (Å²) in [6, 6.07) is 8.11. The quantitative estimate of drug-likeness (QED) is 0.669. The molecule has 1 aromatic carbocycles. The first-order chi connectivity index (χ1) is 11.1. The molecule has 0 amide bonds. The van der Waals surface area contributed by atoms with Gasteiger partial charge >= 0.3 is 5.00 Å². The summed E-state index contributed by atoms with van der Waals surface area (Å²) < 4.78 is 18.7. The third-order valence-corrected chi connectivity index (χ3v) is 5.12. The summed E-state index contributed by atoms with van der Waals surface area (Å²) in [6.07, 6.45) is 1.57. The maximum atomic E-state index is 13.2. The van der Waals surface area contributed by atoms with E-state index in [-0.39, 0.29) is 21.3 Å². The van der Waals surface area contributed by atoms with Gasteiger partial charge in [0, 0.05) is 36.7 Å². The molecule has 1 aliphatic heterocycles. The fraction of sp³-hybridized carbons (Fsp3) is 0.375. The van der Waals surface area contributed by atoms with E-state index in [4.69, 9.17) is 4.74 Å². The van der Waals surface area contributed by atoms with Crippen molar-refractivity contribution in [1.82, 2.24) is 5.32 Å². The Labute approximate surface area is 137 Å². The van der Waals surface area contributed by atoms with Gasteiger partial charge < -0.3 is 10.1 Å². The minimum Gasteiger partial charge on any atom is -0.381 e. The Hall–Kier alpha value is -1.83. The van der Waals surface area contributed by atoms with E-state index in [1.807, 2.05) is 0 Å². The summed E-state index contributed by atoms with van der Waals surface area (Å²) >= 11 is 1.13. The molecule has 1 N–H and O–H groups in total. The summed E-state index contributed by atoms with van der Waals surface area (Å²) in [4.78, 5) is 10.4. The molecule has 0 unspecified atom stereocenters. The molecule has 2 heterocycles. The van der Waals surface area contributed by atoms with Gasteiger partial charge in [-0.2, -0.15) is 0 Å². The van der Waals surface area contributed by atoms with E-state index in [1.165, 1.54) is 12.1 Å². The molecule has 1 aliphatic rings. The number of hydrogen-bond donors (Lipinski definition) is 1. The van der Waals surface area contributed by atoms with Gasteiger partial charge in [-0.3, -0.25) is 10.1 Å². The van der Waals surface area contributed by atoms with Crippen molar-refractivity contribution in [3.63, 3.8) is 0 Å². The fourth-order valence-corrected chi connectivity index (χ4v) is 3.61. The molecule has 0 aliphatic carbocycles. The number of thiophene rings is 1. The second-order valence-electron chi connectivity index (χ2n) is 5.61. The molecule has 2 aromatic rings. The number of nitrogens with zero attached hydrogens (tertiary/aromatic N) is 1. The molecule has 1 saturated heterocycles. The Morgan fingerprint density at radius 2 is 2.00 bits per heavy atom. The normalized spacial score (nSPS) is 17.1. The molecule has 23 heavy (non-hydrogen) atoms. The Morgan fingerprint density at radius 1 is 1.30 bits per heavy atom. The number of ether oxygens (including phenoxy) is 1. The molecule has 3 rings (SSSR count). The summed E-state index contributed by atoms with van der Waals surface area (Å²) in [5, 5.41) is 16.2. The minimum atomic E-state index is -0.377. The minimum absolute atomic E-state index is 0.143. The predicted molar refractivity (Wildman–Crippen MR) is 85.9 cm³/mol. The summed E-state index contributed by atoms with van der Waals surface area (Å²) in [5.41, 5.74) is 1.62. The first-order valence-corrected chi connectivity index (χ1v) is 8.28. The van der Waals surface area contributed by atoms with Crippen LogP contribution in [-0.2, 0) is 16.8 Å². The first-order valence-electron chi connectivity index (χ1n) is 7.40. The van der Waals surface area contributed by atoms with E-state index < -0.39 is 0 Å². The Bertz CT molecular complexity index is 681. The van der Waals surface area contributed by atoms with Crippen molar-refractivity contribution in [2.45, 2.75) is 24.9 Å². The SMILES string of the molecule is O=[N+]([O-])c1cc(CNC2(c3ccc(F)cc3)CCOCC2)cs1. The number of hydrogen-bond acceptors (Lipinski definition) is 5. The molecule has 0 spiro atoms. The van der Waals surface area contributed by atoms with E-state index in [2.05, 4.69) is 5.32 Å². The highest BCUT2D eigenvalue weighted by atomic mass is 32.1. The lowest BCUT2D eigenvalue weighted by atomic mass is 9.82. The van der Waals surface area contributed by atoms with Crippen molar-refractivity contribution in [1.29, 1.82) is 0 Å². The van der Waals surface area contributed by atoms with E-state index in [0.717, 1.165) is 35.3 Å². The van der Waals surface area contributed by atoms with Gasteiger partial charge in [-0.1, -0.05) is 23.5 Å². The highest BCUT2D eigenvalue weighted by Crippen LogP contribution is 2.33. The van der Waals surface area contributed by atoms with Gasteiger partial charge in [0.25, 0.3) is 0 Å². The van der Waals surface area contributed by atoms with Crippen LogP contribution in [-0.4, -0.2) is 18.1 Å². The zero-order valence-electron chi connectivity index (χ0n) is 12.5. The van der Waals surface area contributed by atoms with Crippen molar-refractivity contribution in [3.8, 4) is 0 Å². The van der Waals surface area contributed by atoms with Gasteiger partial charge in [-0.05, 0) is 36.1 Å². The molecule has 0 saturated carbocycles. The van der Waals surface area contributed by atoms with Crippen molar-refractivity contribution < 1.29 is 14.1 Å². The lowest BCUT2D eigenvalue weighted by Gasteiger charge is -2.39. The zero-order valence-corrected chi connectivity index (χ0v) is 13.3. The molecule has 0 radical (unpaired) electrons. The molecule has 5 nitrogen and oxygen atoms in total. The molecule has 7 heteroatoms. The molecular weight excluding hydrogens is 319 g/mol. The summed E-state index contributed by atoms with van der Waals surface area (Å²) in [6.45, 7) is 1.80. The van der Waals surface area contributed by atoms with Crippen LogP contribution >= 0.6 is 11.3 Å². The number of nitrogens with one attached hydrogen (secondary N) is 1. The Balaban J connectivity index is 1.78. The van der Waals surface area contributed by atoms with Crippen LogP contribution in [0.4, 0.5) is 9.39 Å². The standard InChI is InChI=1S/C16H17FN2O3S/c17-14-3-1-13(2-4-14)16(5-7-22-8-6-16)18-10-12-9-15(19(20)21)23-11-12/h1-4,9,11,18H,5-8,10H2. The van der Waals surface area contributed by atoms with Crippen molar-refractivity contribution >= 4 is 16.3 Å². The Morgan fingerprint density at radius 3 is 2.61 bits per heavy atom. The smallest absolute Gasteiger partial charge is 0.324 e. The van der Waals surface area contributed by atoms with Crippen LogP contribution in [0.3, 0.4) is 0 Å². The van der Waals surface area contributed by atoms with Crippen molar-refractivity contribution in [3.05, 3.63) is 62.8 Å². The number of benzene rings is 1. The van der Waals surface area contributed by atoms with Gasteiger partial charge in [-0.25, -0.2) is 4.39 Å². The van der Waals surface area contributed by atoms with Crippen molar-refractivity contribution in [2.24, 2.45) is 0 Å². The lowest BCUT2D eigenvalue weighted by Crippen LogP contribution is -2.46. The summed E-state index contributed by atoms with van der Waals surface area (Å²) in [5.74, 6) is -0.260. The summed E-state index contributed by atoms with van der Waals surface area (Å²) in [7, 11) is 0. The van der Waals surface area contributed by atoms with E-state index in [1.54, 1.807) is 23.6 Å².